The van der Waals surface area contributed by atoms with E-state index in [1.807, 2.05) is 6.07 Å². The van der Waals surface area contributed by atoms with Gasteiger partial charge in [-0.2, -0.15) is 0 Å². The Hall–Kier alpha value is -3.41. The number of anilines is 3. The molecule has 0 aliphatic carbocycles. The van der Waals surface area contributed by atoms with Crippen molar-refractivity contribution < 1.29 is 9.18 Å². The lowest BCUT2D eigenvalue weighted by Crippen LogP contribution is -2.15. The van der Waals surface area contributed by atoms with E-state index in [0.717, 1.165) is 11.3 Å². The molecule has 3 rings (SSSR count). The molecule has 0 aliphatic heterocycles. The number of amides is 1. The highest BCUT2D eigenvalue weighted by molar-refractivity contribution is 5.98. The minimum Gasteiger partial charge on any atom is -0.380 e. The molecule has 0 saturated carbocycles. The number of nitrogens with one attached hydrogen (secondary N) is 2. The standard InChI is InChI=1S/C26H31FN4O/c1-3-6-19(7-4-2)20-10-12-22(13-11-20)31-25-15-24(23(17-30-25)26(28)32)29-16-18-8-5-9-21(27)14-18/h5,8-15,17,19H,3-4,6-7,16H2,1-2H3,(H2,28,32)(H2,29,30,31). The average molecular weight is 435 g/mol. The number of hydrogen-bond donors (Lipinski definition) is 3. The van der Waals surface area contributed by atoms with Gasteiger partial charge in [0.2, 0.25) is 0 Å². The number of nitrogens with two attached hydrogens (primary N) is 1. The van der Waals surface area contributed by atoms with Crippen LogP contribution in [0.1, 0.15) is 66.9 Å². The molecule has 1 aromatic heterocycles. The maximum absolute atomic E-state index is 13.4. The first-order chi connectivity index (χ1) is 15.5. The maximum Gasteiger partial charge on any atom is 0.252 e. The van der Waals surface area contributed by atoms with Crippen molar-refractivity contribution >= 4 is 23.1 Å². The van der Waals surface area contributed by atoms with Crippen molar-refractivity contribution in [1.82, 2.24) is 4.98 Å². The third-order valence-electron chi connectivity index (χ3n) is 5.47. The van der Waals surface area contributed by atoms with Crippen LogP contribution in [-0.2, 0) is 6.54 Å². The fourth-order valence-corrected chi connectivity index (χ4v) is 3.87. The van der Waals surface area contributed by atoms with E-state index in [9.17, 15) is 9.18 Å². The summed E-state index contributed by atoms with van der Waals surface area (Å²) in [6, 6.07) is 16.5. The SMILES string of the molecule is CCCC(CCC)c1ccc(Nc2cc(NCc3cccc(F)c3)c(C(N)=O)cn2)cc1. The number of halogens is 1. The van der Waals surface area contributed by atoms with Gasteiger partial charge in [-0.15, -0.1) is 0 Å². The summed E-state index contributed by atoms with van der Waals surface area (Å²) in [5.74, 6) is 0.293. The van der Waals surface area contributed by atoms with Gasteiger partial charge in [-0.3, -0.25) is 4.79 Å². The molecule has 6 heteroatoms. The van der Waals surface area contributed by atoms with Crippen LogP contribution in [0.5, 0.6) is 0 Å². The number of rotatable bonds is 11. The van der Waals surface area contributed by atoms with Crippen LogP contribution in [0.25, 0.3) is 0 Å². The molecule has 0 aliphatic rings. The molecule has 32 heavy (non-hydrogen) atoms. The number of nitrogens with zero attached hydrogens (tertiary/aromatic N) is 1. The normalized spacial score (nSPS) is 10.9. The highest BCUT2D eigenvalue weighted by Gasteiger charge is 2.12. The van der Waals surface area contributed by atoms with Crippen molar-refractivity contribution in [2.75, 3.05) is 10.6 Å². The Morgan fingerprint density at radius 1 is 1.06 bits per heavy atom. The maximum atomic E-state index is 13.4. The molecule has 4 N–H and O–H groups in total. The third-order valence-corrected chi connectivity index (χ3v) is 5.47. The van der Waals surface area contributed by atoms with Gasteiger partial charge in [-0.1, -0.05) is 51.0 Å². The van der Waals surface area contributed by atoms with E-state index in [1.54, 1.807) is 12.1 Å². The molecule has 0 spiro atoms. The van der Waals surface area contributed by atoms with Crippen LogP contribution in [0.2, 0.25) is 0 Å². The highest BCUT2D eigenvalue weighted by atomic mass is 19.1. The minimum atomic E-state index is -0.576. The number of carbonyl (C=O) groups is 1. The number of carbonyl (C=O) groups excluding carboxylic acids is 1. The van der Waals surface area contributed by atoms with Crippen molar-refractivity contribution in [2.45, 2.75) is 52.0 Å². The average Bonchev–Trinajstić information content (AvgIpc) is 2.78. The Bertz CT molecular complexity index is 1030. The lowest BCUT2D eigenvalue weighted by atomic mass is 9.90. The second-order valence-electron chi connectivity index (χ2n) is 7.98. The smallest absolute Gasteiger partial charge is 0.252 e. The highest BCUT2D eigenvalue weighted by Crippen LogP contribution is 2.28. The molecule has 0 fully saturated rings. The topological polar surface area (TPSA) is 80.0 Å². The summed E-state index contributed by atoms with van der Waals surface area (Å²) in [7, 11) is 0. The summed E-state index contributed by atoms with van der Waals surface area (Å²) in [6.45, 7) is 4.80. The van der Waals surface area contributed by atoms with Crippen LogP contribution in [0.4, 0.5) is 21.6 Å². The molecule has 2 aromatic carbocycles. The summed E-state index contributed by atoms with van der Waals surface area (Å²) in [5.41, 5.74) is 9.36. The van der Waals surface area contributed by atoms with Crippen LogP contribution >= 0.6 is 0 Å². The van der Waals surface area contributed by atoms with Gasteiger partial charge in [0.15, 0.2) is 0 Å². The molecule has 0 unspecified atom stereocenters. The van der Waals surface area contributed by atoms with Crippen molar-refractivity contribution in [3.8, 4) is 0 Å². The number of aromatic nitrogens is 1. The van der Waals surface area contributed by atoms with E-state index in [0.29, 0.717) is 24.0 Å². The zero-order valence-corrected chi connectivity index (χ0v) is 18.7. The molecule has 5 nitrogen and oxygen atoms in total. The Morgan fingerprint density at radius 2 is 1.78 bits per heavy atom. The zero-order chi connectivity index (χ0) is 22.9. The molecule has 0 atom stereocenters. The molecule has 1 amide bonds. The van der Waals surface area contributed by atoms with Crippen LogP contribution < -0.4 is 16.4 Å². The Kier molecular flexibility index (Phi) is 8.20. The Morgan fingerprint density at radius 3 is 2.41 bits per heavy atom. The van der Waals surface area contributed by atoms with E-state index in [-0.39, 0.29) is 11.4 Å². The van der Waals surface area contributed by atoms with Gasteiger partial charge in [-0.05, 0) is 54.2 Å². The summed E-state index contributed by atoms with van der Waals surface area (Å²) in [4.78, 5) is 16.2. The van der Waals surface area contributed by atoms with Crippen molar-refractivity contribution in [3.05, 3.63) is 83.3 Å². The number of hydrogen-bond acceptors (Lipinski definition) is 4. The largest absolute Gasteiger partial charge is 0.380 e. The van der Waals surface area contributed by atoms with E-state index < -0.39 is 5.91 Å². The monoisotopic (exact) mass is 434 g/mol. The fraction of sp³-hybridized carbons (Fsp3) is 0.308. The van der Waals surface area contributed by atoms with E-state index >= 15 is 0 Å². The van der Waals surface area contributed by atoms with Gasteiger partial charge in [0.1, 0.15) is 11.6 Å². The van der Waals surface area contributed by atoms with Crippen LogP contribution in [-0.4, -0.2) is 10.9 Å². The Labute approximate surface area is 189 Å². The molecular formula is C26H31FN4O. The number of primary amides is 1. The zero-order valence-electron chi connectivity index (χ0n) is 18.7. The first-order valence-electron chi connectivity index (χ1n) is 11.1. The fourth-order valence-electron chi connectivity index (χ4n) is 3.87. The van der Waals surface area contributed by atoms with Gasteiger partial charge in [-0.25, -0.2) is 9.37 Å². The number of pyridine rings is 1. The first kappa shape index (κ1) is 23.3. The molecule has 1 heterocycles. The molecule has 3 aromatic rings. The first-order valence-corrected chi connectivity index (χ1v) is 11.1. The summed E-state index contributed by atoms with van der Waals surface area (Å²) in [5, 5.41) is 6.45. The van der Waals surface area contributed by atoms with Crippen molar-refractivity contribution in [3.63, 3.8) is 0 Å². The second-order valence-corrected chi connectivity index (χ2v) is 7.98. The van der Waals surface area contributed by atoms with Crippen LogP contribution in [0.15, 0.2) is 60.8 Å². The van der Waals surface area contributed by atoms with Gasteiger partial charge in [0.25, 0.3) is 5.91 Å². The molecule has 0 bridgehead atoms. The molecular weight excluding hydrogens is 403 g/mol. The molecule has 0 radical (unpaired) electrons. The third kappa shape index (κ3) is 6.30. The summed E-state index contributed by atoms with van der Waals surface area (Å²) in [6.07, 6.45) is 6.18. The van der Waals surface area contributed by atoms with Crippen molar-refractivity contribution in [2.24, 2.45) is 5.73 Å². The van der Waals surface area contributed by atoms with Gasteiger partial charge in [0, 0.05) is 24.5 Å². The number of benzene rings is 2. The molecule has 0 saturated heterocycles. The minimum absolute atomic E-state index is 0.282. The lowest BCUT2D eigenvalue weighted by Gasteiger charge is -2.17. The summed E-state index contributed by atoms with van der Waals surface area (Å²) >= 11 is 0. The predicted octanol–water partition coefficient (Wildman–Crippen LogP) is 6.36. The van der Waals surface area contributed by atoms with Crippen LogP contribution in [0.3, 0.4) is 0 Å². The van der Waals surface area contributed by atoms with E-state index in [4.69, 9.17) is 5.73 Å². The quantitative estimate of drug-likeness (QED) is 0.328. The van der Waals surface area contributed by atoms with E-state index in [1.165, 1.54) is 49.6 Å². The summed E-state index contributed by atoms with van der Waals surface area (Å²) < 4.78 is 13.4. The van der Waals surface area contributed by atoms with Gasteiger partial charge >= 0.3 is 0 Å². The Balaban J connectivity index is 1.75. The van der Waals surface area contributed by atoms with Crippen molar-refractivity contribution in [1.29, 1.82) is 0 Å². The van der Waals surface area contributed by atoms with Crippen LogP contribution in [0, 0.1) is 5.82 Å². The van der Waals surface area contributed by atoms with Gasteiger partial charge in [0.05, 0.1) is 11.3 Å². The lowest BCUT2D eigenvalue weighted by molar-refractivity contribution is 0.100. The van der Waals surface area contributed by atoms with Gasteiger partial charge < -0.3 is 16.4 Å². The predicted molar refractivity (Wildman–Crippen MR) is 129 cm³/mol. The van der Waals surface area contributed by atoms with E-state index in [2.05, 4.69) is 53.7 Å². The second kappa shape index (κ2) is 11.3. The molecule has 168 valence electrons.